The summed E-state index contributed by atoms with van der Waals surface area (Å²) in [5, 5.41) is 3.04. The zero-order valence-electron chi connectivity index (χ0n) is 19.2. The zero-order chi connectivity index (χ0) is 22.4. The van der Waals surface area contributed by atoms with Gasteiger partial charge in [-0.3, -0.25) is 14.4 Å². The van der Waals surface area contributed by atoms with E-state index in [4.69, 9.17) is 0 Å². The molecule has 1 aromatic rings. The molecule has 0 bridgehead atoms. The van der Waals surface area contributed by atoms with Gasteiger partial charge in [0.2, 0.25) is 11.8 Å². The molecule has 6 nitrogen and oxygen atoms in total. The van der Waals surface area contributed by atoms with Crippen molar-refractivity contribution in [2.45, 2.75) is 65.3 Å². The Labute approximate surface area is 186 Å². The minimum absolute atomic E-state index is 0.0217. The van der Waals surface area contributed by atoms with Gasteiger partial charge in [-0.25, -0.2) is 0 Å². The molecular weight excluding hydrogens is 390 g/mol. The number of rotatable bonds is 7. The summed E-state index contributed by atoms with van der Waals surface area (Å²) in [5.41, 5.74) is 1.59. The lowest BCUT2D eigenvalue weighted by Crippen LogP contribution is -2.55. The van der Waals surface area contributed by atoms with Crippen LogP contribution in [0.5, 0.6) is 0 Å². The number of carbonyl (C=O) groups is 3. The summed E-state index contributed by atoms with van der Waals surface area (Å²) < 4.78 is 0. The molecule has 1 aromatic carbocycles. The maximum Gasteiger partial charge on any atom is 0.251 e. The highest BCUT2D eigenvalue weighted by molar-refractivity contribution is 5.97. The van der Waals surface area contributed by atoms with Crippen molar-refractivity contribution in [3.05, 3.63) is 35.4 Å². The summed E-state index contributed by atoms with van der Waals surface area (Å²) in [7, 11) is 0. The van der Waals surface area contributed by atoms with E-state index >= 15 is 0 Å². The first-order chi connectivity index (χ1) is 14.9. The first-order valence-corrected chi connectivity index (χ1v) is 11.9. The minimum atomic E-state index is -0.559. The fourth-order valence-electron chi connectivity index (χ4n) is 5.01. The van der Waals surface area contributed by atoms with Crippen LogP contribution in [0.2, 0.25) is 0 Å². The second kappa shape index (κ2) is 10.8. The van der Waals surface area contributed by atoms with Crippen molar-refractivity contribution in [3.8, 4) is 0 Å². The molecular formula is C25H37N3O3. The number of piperidine rings is 1. The number of nitrogens with zero attached hydrogens (tertiary/aromatic N) is 2. The Balaban J connectivity index is 1.70. The largest absolute Gasteiger partial charge is 0.342 e. The van der Waals surface area contributed by atoms with E-state index in [0.717, 1.165) is 44.1 Å². The van der Waals surface area contributed by atoms with Crippen LogP contribution in [0.4, 0.5) is 0 Å². The summed E-state index contributed by atoms with van der Waals surface area (Å²) in [4.78, 5) is 42.8. The van der Waals surface area contributed by atoms with E-state index in [0.29, 0.717) is 31.7 Å². The molecule has 0 radical (unpaired) electrons. The molecule has 0 aromatic heterocycles. The number of hydrogen-bond acceptors (Lipinski definition) is 3. The predicted octanol–water partition coefficient (Wildman–Crippen LogP) is 3.39. The molecule has 0 unspecified atom stereocenters. The van der Waals surface area contributed by atoms with Gasteiger partial charge in [0, 0.05) is 37.7 Å². The highest BCUT2D eigenvalue weighted by Crippen LogP contribution is 2.29. The summed E-state index contributed by atoms with van der Waals surface area (Å²) in [6.07, 6.45) is 5.80. The zero-order valence-corrected chi connectivity index (χ0v) is 19.2. The van der Waals surface area contributed by atoms with Crippen molar-refractivity contribution in [3.63, 3.8) is 0 Å². The number of amides is 3. The number of likely N-dealkylation sites (N-methyl/N-ethyl adjacent to an activating group) is 1. The normalized spacial score (nSPS) is 18.6. The third kappa shape index (κ3) is 5.66. The number of hydrogen-bond donors (Lipinski definition) is 1. The number of carbonyl (C=O) groups excluding carboxylic acids is 3. The lowest BCUT2D eigenvalue weighted by atomic mass is 9.87. The molecule has 2 fully saturated rings. The highest BCUT2D eigenvalue weighted by atomic mass is 16.2. The van der Waals surface area contributed by atoms with Crippen molar-refractivity contribution in [2.75, 3.05) is 26.2 Å². The van der Waals surface area contributed by atoms with E-state index in [1.54, 1.807) is 11.0 Å². The van der Waals surface area contributed by atoms with Gasteiger partial charge in [-0.05, 0) is 64.5 Å². The van der Waals surface area contributed by atoms with E-state index < -0.39 is 6.04 Å². The average molecular weight is 428 g/mol. The summed E-state index contributed by atoms with van der Waals surface area (Å²) in [6.45, 7) is 8.45. The van der Waals surface area contributed by atoms with Gasteiger partial charge in [0.1, 0.15) is 6.04 Å². The van der Waals surface area contributed by atoms with Crippen LogP contribution in [0.15, 0.2) is 24.3 Å². The van der Waals surface area contributed by atoms with Crippen molar-refractivity contribution >= 4 is 17.7 Å². The molecule has 1 N–H and O–H groups in total. The van der Waals surface area contributed by atoms with Gasteiger partial charge in [-0.2, -0.15) is 0 Å². The number of likely N-dealkylation sites (tertiary alicyclic amines) is 1. The van der Waals surface area contributed by atoms with Gasteiger partial charge in [0.15, 0.2) is 0 Å². The molecule has 0 spiro atoms. The van der Waals surface area contributed by atoms with E-state index in [1.807, 2.05) is 43.9 Å². The molecule has 2 aliphatic rings. The minimum Gasteiger partial charge on any atom is -0.342 e. The van der Waals surface area contributed by atoms with Gasteiger partial charge in [-0.1, -0.05) is 30.5 Å². The summed E-state index contributed by atoms with van der Waals surface area (Å²) in [5.74, 6) is 0.275. The smallest absolute Gasteiger partial charge is 0.251 e. The van der Waals surface area contributed by atoms with Gasteiger partial charge < -0.3 is 15.1 Å². The second-order valence-corrected chi connectivity index (χ2v) is 8.98. The van der Waals surface area contributed by atoms with E-state index in [-0.39, 0.29) is 29.6 Å². The van der Waals surface area contributed by atoms with Crippen LogP contribution in [0.25, 0.3) is 0 Å². The van der Waals surface area contributed by atoms with Crippen LogP contribution in [-0.4, -0.2) is 59.7 Å². The average Bonchev–Trinajstić information content (AvgIpc) is 3.32. The molecule has 1 aliphatic heterocycles. The number of nitrogens with one attached hydrogen (secondary N) is 1. The standard InChI is InChI=1S/C25H37N3O3/c1-4-27(5-2)25(31)22(26-23(29)21-12-8-9-18(3)17-21)19-13-15-28(16-14-19)24(30)20-10-6-7-11-20/h8-9,12,17,19-20,22H,4-7,10-11,13-16H2,1-3H3,(H,26,29)/t22-/m1/s1. The van der Waals surface area contributed by atoms with E-state index in [1.165, 1.54) is 0 Å². The van der Waals surface area contributed by atoms with Gasteiger partial charge >= 0.3 is 0 Å². The maximum atomic E-state index is 13.3. The lowest BCUT2D eigenvalue weighted by molar-refractivity contribution is -0.138. The first kappa shape index (κ1) is 23.3. The highest BCUT2D eigenvalue weighted by Gasteiger charge is 2.37. The Bertz CT molecular complexity index is 776. The van der Waals surface area contributed by atoms with Gasteiger partial charge in [0.05, 0.1) is 0 Å². The molecule has 6 heteroatoms. The molecule has 1 heterocycles. The Kier molecular flexibility index (Phi) is 8.10. The van der Waals surface area contributed by atoms with E-state index in [9.17, 15) is 14.4 Å². The van der Waals surface area contributed by atoms with Gasteiger partial charge in [0.25, 0.3) is 5.91 Å². The van der Waals surface area contributed by atoms with Crippen LogP contribution < -0.4 is 5.32 Å². The molecule has 1 atom stereocenters. The predicted molar refractivity (Wildman–Crippen MR) is 122 cm³/mol. The molecule has 170 valence electrons. The second-order valence-electron chi connectivity index (χ2n) is 8.98. The topological polar surface area (TPSA) is 69.7 Å². The molecule has 1 saturated heterocycles. The van der Waals surface area contributed by atoms with Crippen molar-refractivity contribution in [2.24, 2.45) is 11.8 Å². The van der Waals surface area contributed by atoms with Crippen molar-refractivity contribution < 1.29 is 14.4 Å². The van der Waals surface area contributed by atoms with Crippen molar-refractivity contribution in [1.82, 2.24) is 15.1 Å². The Hall–Kier alpha value is -2.37. The summed E-state index contributed by atoms with van der Waals surface area (Å²) in [6, 6.07) is 6.88. The molecule has 1 saturated carbocycles. The van der Waals surface area contributed by atoms with Crippen LogP contribution in [-0.2, 0) is 9.59 Å². The first-order valence-electron chi connectivity index (χ1n) is 11.9. The molecule has 3 amide bonds. The fraction of sp³-hybridized carbons (Fsp3) is 0.640. The van der Waals surface area contributed by atoms with E-state index in [2.05, 4.69) is 5.32 Å². The van der Waals surface area contributed by atoms with Crippen LogP contribution >= 0.6 is 0 Å². The monoisotopic (exact) mass is 427 g/mol. The Morgan fingerprint density at radius 1 is 1.06 bits per heavy atom. The van der Waals surface area contributed by atoms with Crippen LogP contribution in [0, 0.1) is 18.8 Å². The van der Waals surface area contributed by atoms with Gasteiger partial charge in [-0.15, -0.1) is 0 Å². The Morgan fingerprint density at radius 2 is 1.71 bits per heavy atom. The van der Waals surface area contributed by atoms with Crippen LogP contribution in [0.3, 0.4) is 0 Å². The SMILES string of the molecule is CCN(CC)C(=O)[C@H](NC(=O)c1cccc(C)c1)C1CCN(C(=O)C2CCCC2)CC1. The lowest BCUT2D eigenvalue weighted by Gasteiger charge is -2.38. The summed E-state index contributed by atoms with van der Waals surface area (Å²) >= 11 is 0. The number of benzene rings is 1. The van der Waals surface area contributed by atoms with Crippen LogP contribution in [0.1, 0.15) is 68.3 Å². The van der Waals surface area contributed by atoms with Crippen molar-refractivity contribution in [1.29, 1.82) is 0 Å². The quantitative estimate of drug-likeness (QED) is 0.725. The molecule has 1 aliphatic carbocycles. The third-order valence-corrected chi connectivity index (χ3v) is 6.94. The fourth-order valence-corrected chi connectivity index (χ4v) is 5.01. The molecule has 3 rings (SSSR count). The third-order valence-electron chi connectivity index (χ3n) is 6.94. The number of aryl methyl sites for hydroxylation is 1. The molecule has 31 heavy (non-hydrogen) atoms. The Morgan fingerprint density at radius 3 is 2.29 bits per heavy atom. The maximum absolute atomic E-state index is 13.3.